The van der Waals surface area contributed by atoms with Crippen molar-refractivity contribution in [2.45, 2.75) is 46.5 Å². The summed E-state index contributed by atoms with van der Waals surface area (Å²) >= 11 is 0. The average Bonchev–Trinajstić information content (AvgIpc) is 2.55. The smallest absolute Gasteiger partial charge is 0.333 e. The molecule has 0 amide bonds. The molecule has 0 bridgehead atoms. The summed E-state index contributed by atoms with van der Waals surface area (Å²) in [7, 11) is 1.44. The van der Waals surface area contributed by atoms with Gasteiger partial charge in [-0.3, -0.25) is 0 Å². The lowest BCUT2D eigenvalue weighted by Gasteiger charge is -2.08. The topological polar surface area (TPSA) is 26.3 Å². The summed E-state index contributed by atoms with van der Waals surface area (Å²) in [6, 6.07) is 10.3. The highest BCUT2D eigenvalue weighted by Crippen LogP contribution is 2.17. The second-order valence-corrected chi connectivity index (χ2v) is 5.91. The number of hydrogen-bond donors (Lipinski definition) is 0. The maximum Gasteiger partial charge on any atom is 0.333 e. The summed E-state index contributed by atoms with van der Waals surface area (Å²) in [6.45, 7) is 6.04. The minimum atomic E-state index is -0.205. The van der Waals surface area contributed by atoms with Gasteiger partial charge in [-0.25, -0.2) is 4.79 Å². The van der Waals surface area contributed by atoms with Crippen LogP contribution in [0.3, 0.4) is 0 Å². The molecule has 0 heterocycles. The van der Waals surface area contributed by atoms with Crippen molar-refractivity contribution in [3.63, 3.8) is 0 Å². The van der Waals surface area contributed by atoms with Crippen LogP contribution >= 0.6 is 0 Å². The van der Waals surface area contributed by atoms with Crippen molar-refractivity contribution in [2.24, 2.45) is 0 Å². The quantitative estimate of drug-likeness (QED) is 0.266. The Bertz CT molecular complexity index is 573. The van der Waals surface area contributed by atoms with Crippen molar-refractivity contribution in [3.05, 3.63) is 64.8 Å². The van der Waals surface area contributed by atoms with Gasteiger partial charge in [0.1, 0.15) is 0 Å². The van der Waals surface area contributed by atoms with E-state index >= 15 is 0 Å². The Morgan fingerprint density at radius 3 is 2.35 bits per heavy atom. The summed E-state index contributed by atoms with van der Waals surface area (Å²) < 4.78 is 4.84. The largest absolute Gasteiger partial charge is 0.466 e. The third kappa shape index (κ3) is 7.64. The molecule has 0 aliphatic rings. The van der Waals surface area contributed by atoms with Crippen molar-refractivity contribution >= 4 is 12.0 Å². The lowest BCUT2D eigenvalue weighted by atomic mass is 10.0. The van der Waals surface area contributed by atoms with Gasteiger partial charge in [-0.15, -0.1) is 0 Å². The van der Waals surface area contributed by atoms with Crippen LogP contribution in [0.4, 0.5) is 0 Å². The van der Waals surface area contributed by atoms with Crippen LogP contribution in [-0.4, -0.2) is 13.1 Å². The second kappa shape index (κ2) is 10.6. The molecule has 0 aromatic heterocycles. The number of ether oxygens (including phenoxy) is 1. The highest BCUT2D eigenvalue weighted by molar-refractivity contribution is 5.89. The molecule has 0 unspecified atom stereocenters. The molecule has 0 saturated carbocycles. The van der Waals surface area contributed by atoms with E-state index in [2.05, 4.69) is 37.3 Å². The summed E-state index contributed by atoms with van der Waals surface area (Å²) in [4.78, 5) is 11.7. The fourth-order valence-corrected chi connectivity index (χ4v) is 2.31. The highest BCUT2D eigenvalue weighted by Gasteiger charge is 2.10. The Balaban J connectivity index is 2.39. The Morgan fingerprint density at radius 2 is 1.74 bits per heavy atom. The number of methoxy groups -OCH3 is 1. The van der Waals surface area contributed by atoms with Gasteiger partial charge in [0, 0.05) is 5.57 Å². The fraction of sp³-hybridized carbons (Fsp3) is 0.381. The molecule has 0 spiro atoms. The van der Waals surface area contributed by atoms with Crippen LogP contribution in [0.15, 0.2) is 59.2 Å². The van der Waals surface area contributed by atoms with E-state index in [4.69, 9.17) is 4.74 Å². The van der Waals surface area contributed by atoms with Crippen molar-refractivity contribution in [3.8, 4) is 0 Å². The molecule has 0 saturated heterocycles. The molecule has 0 aliphatic heterocycles. The minimum absolute atomic E-state index is 0.205. The fourth-order valence-electron chi connectivity index (χ4n) is 2.31. The van der Waals surface area contributed by atoms with Gasteiger partial charge < -0.3 is 4.74 Å². The molecule has 2 heteroatoms. The van der Waals surface area contributed by atoms with Gasteiger partial charge >= 0.3 is 5.97 Å². The number of hydrogen-bond acceptors (Lipinski definition) is 2. The Morgan fingerprint density at radius 1 is 1.04 bits per heavy atom. The molecule has 0 aliphatic carbocycles. The molecule has 124 valence electrons. The maximum absolute atomic E-state index is 11.7. The van der Waals surface area contributed by atoms with E-state index in [0.29, 0.717) is 0 Å². The van der Waals surface area contributed by atoms with Crippen molar-refractivity contribution in [1.82, 2.24) is 0 Å². The summed E-state index contributed by atoms with van der Waals surface area (Å²) in [5.41, 5.74) is 4.39. The SMILES string of the molecule is COC(=O)C(CC/C(C)=C/CC/C=C/c1ccccc1)=C(C)C. The normalized spacial score (nSPS) is 11.6. The second-order valence-electron chi connectivity index (χ2n) is 5.91. The van der Waals surface area contributed by atoms with Gasteiger partial charge in [-0.05, 0) is 52.0 Å². The van der Waals surface area contributed by atoms with Gasteiger partial charge in [-0.1, -0.05) is 59.7 Å². The average molecular weight is 312 g/mol. The number of unbranched alkanes of at least 4 members (excludes halogenated alkanes) is 1. The Labute approximate surface area is 140 Å². The molecule has 0 N–H and O–H groups in total. The first-order chi connectivity index (χ1) is 11.0. The molecule has 2 nitrogen and oxygen atoms in total. The third-order valence-electron chi connectivity index (χ3n) is 3.74. The van der Waals surface area contributed by atoms with Crippen molar-refractivity contribution in [2.75, 3.05) is 7.11 Å². The zero-order valence-corrected chi connectivity index (χ0v) is 14.8. The summed E-state index contributed by atoms with van der Waals surface area (Å²) in [5.74, 6) is -0.205. The number of esters is 1. The Hall–Kier alpha value is -2.09. The monoisotopic (exact) mass is 312 g/mol. The summed E-state index contributed by atoms with van der Waals surface area (Å²) in [6.07, 6.45) is 10.3. The van der Waals surface area contributed by atoms with Crippen LogP contribution in [0.2, 0.25) is 0 Å². The Kier molecular flexibility index (Phi) is 8.74. The predicted octanol–water partition coefficient (Wildman–Crippen LogP) is 5.72. The number of benzene rings is 1. The maximum atomic E-state index is 11.7. The van der Waals surface area contributed by atoms with E-state index < -0.39 is 0 Å². The molecule has 0 fully saturated rings. The van der Waals surface area contributed by atoms with Crippen LogP contribution in [0.25, 0.3) is 6.08 Å². The third-order valence-corrected chi connectivity index (χ3v) is 3.74. The van der Waals surface area contributed by atoms with Crippen molar-refractivity contribution < 1.29 is 9.53 Å². The van der Waals surface area contributed by atoms with Crippen LogP contribution in [0.5, 0.6) is 0 Å². The molecule has 0 radical (unpaired) electrons. The minimum Gasteiger partial charge on any atom is -0.466 e. The molecule has 1 rings (SSSR count). The van der Waals surface area contributed by atoms with E-state index in [1.54, 1.807) is 0 Å². The predicted molar refractivity (Wildman–Crippen MR) is 98.1 cm³/mol. The van der Waals surface area contributed by atoms with Crippen LogP contribution in [-0.2, 0) is 9.53 Å². The number of rotatable bonds is 8. The van der Waals surface area contributed by atoms with Crippen LogP contribution < -0.4 is 0 Å². The molecular weight excluding hydrogens is 284 g/mol. The van der Waals surface area contributed by atoms with E-state index in [-0.39, 0.29) is 5.97 Å². The van der Waals surface area contributed by atoms with Gasteiger partial charge in [0.2, 0.25) is 0 Å². The molecule has 0 atom stereocenters. The molecule has 1 aromatic rings. The zero-order valence-electron chi connectivity index (χ0n) is 14.8. The first-order valence-corrected chi connectivity index (χ1v) is 8.16. The number of allylic oxidation sites excluding steroid dienone is 4. The van der Waals surface area contributed by atoms with E-state index in [1.807, 2.05) is 32.0 Å². The van der Waals surface area contributed by atoms with Crippen molar-refractivity contribution in [1.29, 1.82) is 0 Å². The first-order valence-electron chi connectivity index (χ1n) is 8.16. The highest BCUT2D eigenvalue weighted by atomic mass is 16.5. The lowest BCUT2D eigenvalue weighted by molar-refractivity contribution is -0.136. The lowest BCUT2D eigenvalue weighted by Crippen LogP contribution is -2.06. The molecular formula is C21H28O2. The van der Waals surface area contributed by atoms with Crippen LogP contribution in [0, 0.1) is 0 Å². The number of carbonyl (C=O) groups is 1. The zero-order chi connectivity index (χ0) is 17.1. The summed E-state index contributed by atoms with van der Waals surface area (Å²) in [5, 5.41) is 0. The standard InChI is InChI=1S/C21H28O2/c1-17(2)20(21(22)23-4)16-15-18(3)11-7-5-8-12-19-13-9-6-10-14-19/h6,8-14H,5,7,15-16H2,1-4H3/b12-8+,18-11+. The van der Waals surface area contributed by atoms with Gasteiger partial charge in [-0.2, -0.15) is 0 Å². The van der Waals surface area contributed by atoms with E-state index in [1.165, 1.54) is 18.2 Å². The van der Waals surface area contributed by atoms with Gasteiger partial charge in [0.15, 0.2) is 0 Å². The van der Waals surface area contributed by atoms with Gasteiger partial charge in [0.25, 0.3) is 0 Å². The van der Waals surface area contributed by atoms with E-state index in [0.717, 1.165) is 36.8 Å². The van der Waals surface area contributed by atoms with Gasteiger partial charge in [0.05, 0.1) is 7.11 Å². The first kappa shape index (κ1) is 19.0. The molecule has 23 heavy (non-hydrogen) atoms. The van der Waals surface area contributed by atoms with Crippen LogP contribution in [0.1, 0.15) is 52.0 Å². The van der Waals surface area contributed by atoms with E-state index in [9.17, 15) is 4.79 Å². The molecule has 1 aromatic carbocycles. The number of carbonyl (C=O) groups excluding carboxylic acids is 1.